The number of sulfonamides is 1. The van der Waals surface area contributed by atoms with E-state index in [1.165, 1.54) is 12.1 Å². The summed E-state index contributed by atoms with van der Waals surface area (Å²) in [5.41, 5.74) is 1.48. The van der Waals surface area contributed by atoms with Crippen LogP contribution in [0.25, 0.3) is 6.08 Å². The second-order valence-electron chi connectivity index (χ2n) is 5.96. The molecule has 132 valence electrons. The summed E-state index contributed by atoms with van der Waals surface area (Å²) in [6.07, 6.45) is 2.92. The van der Waals surface area contributed by atoms with E-state index in [9.17, 15) is 12.8 Å². The first-order chi connectivity index (χ1) is 12.0. The average molecular weight is 361 g/mol. The lowest BCUT2D eigenvalue weighted by atomic mass is 10.0. The highest BCUT2D eigenvalue weighted by Gasteiger charge is 2.30. The predicted octanol–water partition coefficient (Wildman–Crippen LogP) is 3.64. The van der Waals surface area contributed by atoms with Crippen molar-refractivity contribution in [1.82, 2.24) is 4.72 Å². The molecule has 1 aliphatic rings. The summed E-state index contributed by atoms with van der Waals surface area (Å²) in [7, 11) is -3.68. The second kappa shape index (κ2) is 7.91. The van der Waals surface area contributed by atoms with E-state index >= 15 is 0 Å². The zero-order valence-corrected chi connectivity index (χ0v) is 14.5. The molecule has 1 N–H and O–H groups in total. The zero-order valence-electron chi connectivity index (χ0n) is 13.6. The maximum atomic E-state index is 13.2. The molecule has 1 aliphatic heterocycles. The van der Waals surface area contributed by atoms with Crippen LogP contribution in [0.3, 0.4) is 0 Å². The Hall–Kier alpha value is -2.02. The normalized spacial score (nSPS) is 19.3. The van der Waals surface area contributed by atoms with Gasteiger partial charge in [0.15, 0.2) is 0 Å². The molecule has 0 bridgehead atoms. The summed E-state index contributed by atoms with van der Waals surface area (Å²) in [6, 6.07) is 14.5. The third-order valence-corrected chi connectivity index (χ3v) is 5.17. The summed E-state index contributed by atoms with van der Waals surface area (Å²) < 4.78 is 46.5. The Balaban J connectivity index is 1.81. The number of halogens is 1. The van der Waals surface area contributed by atoms with Crippen LogP contribution in [0.4, 0.5) is 4.39 Å². The highest BCUT2D eigenvalue weighted by atomic mass is 32.2. The molecular formula is C19H20FNO3S. The monoisotopic (exact) mass is 361 g/mol. The van der Waals surface area contributed by atoms with Crippen molar-refractivity contribution in [1.29, 1.82) is 0 Å². The van der Waals surface area contributed by atoms with Crippen molar-refractivity contribution in [3.8, 4) is 0 Å². The van der Waals surface area contributed by atoms with E-state index in [1.54, 1.807) is 18.2 Å². The molecule has 1 saturated heterocycles. The Morgan fingerprint density at radius 2 is 1.84 bits per heavy atom. The lowest BCUT2D eigenvalue weighted by Crippen LogP contribution is -2.35. The Morgan fingerprint density at radius 1 is 1.12 bits per heavy atom. The molecule has 2 aromatic carbocycles. The van der Waals surface area contributed by atoms with Crippen molar-refractivity contribution in [2.45, 2.75) is 25.0 Å². The van der Waals surface area contributed by atoms with Crippen molar-refractivity contribution in [3.63, 3.8) is 0 Å². The van der Waals surface area contributed by atoms with Crippen LogP contribution in [0.5, 0.6) is 0 Å². The maximum absolute atomic E-state index is 13.2. The summed E-state index contributed by atoms with van der Waals surface area (Å²) in [5.74, 6) is -0.360. The van der Waals surface area contributed by atoms with Gasteiger partial charge in [-0.2, -0.15) is 0 Å². The molecule has 0 aromatic heterocycles. The molecule has 6 heteroatoms. The smallest absolute Gasteiger partial charge is 0.234 e. The van der Waals surface area contributed by atoms with E-state index in [1.807, 2.05) is 30.3 Å². The highest BCUT2D eigenvalue weighted by Crippen LogP contribution is 2.28. The molecule has 0 spiro atoms. The Morgan fingerprint density at radius 3 is 2.48 bits per heavy atom. The molecule has 0 amide bonds. The molecule has 3 rings (SSSR count). The van der Waals surface area contributed by atoms with Gasteiger partial charge in [0.05, 0.1) is 12.1 Å². The van der Waals surface area contributed by atoms with Crippen LogP contribution in [0.2, 0.25) is 0 Å². The Labute approximate surface area is 147 Å². The van der Waals surface area contributed by atoms with Gasteiger partial charge in [0.2, 0.25) is 10.0 Å². The van der Waals surface area contributed by atoms with Crippen molar-refractivity contribution >= 4 is 16.1 Å². The van der Waals surface area contributed by atoms with Crippen molar-refractivity contribution < 1.29 is 17.5 Å². The largest absolute Gasteiger partial charge is 0.376 e. The minimum Gasteiger partial charge on any atom is -0.376 e. The number of hydrogen-bond acceptors (Lipinski definition) is 3. The third kappa shape index (κ3) is 4.98. The van der Waals surface area contributed by atoms with Gasteiger partial charge in [-0.05, 0) is 42.2 Å². The van der Waals surface area contributed by atoms with Crippen LogP contribution in [0.15, 0.2) is 60.0 Å². The highest BCUT2D eigenvalue weighted by molar-refractivity contribution is 7.92. The van der Waals surface area contributed by atoms with E-state index in [4.69, 9.17) is 4.74 Å². The van der Waals surface area contributed by atoms with Gasteiger partial charge in [-0.1, -0.05) is 42.5 Å². The standard InChI is InChI=1S/C19H20FNO3S/c20-17-10-8-16(9-11-17)19(18-7-4-13-24-18)21-25(22,23)14-12-15-5-2-1-3-6-15/h1-3,5-6,8-12,14,18-19,21H,4,7,13H2/b14-12+/t18-,19+/m0/s1. The maximum Gasteiger partial charge on any atom is 0.234 e. The quantitative estimate of drug-likeness (QED) is 0.855. The van der Waals surface area contributed by atoms with Crippen molar-refractivity contribution in [2.75, 3.05) is 6.61 Å². The number of ether oxygens (including phenoxy) is 1. The number of nitrogens with one attached hydrogen (secondary N) is 1. The van der Waals surface area contributed by atoms with Gasteiger partial charge in [-0.15, -0.1) is 0 Å². The van der Waals surface area contributed by atoms with E-state index in [-0.39, 0.29) is 11.9 Å². The van der Waals surface area contributed by atoms with Gasteiger partial charge in [0.25, 0.3) is 0 Å². The van der Waals surface area contributed by atoms with Crippen LogP contribution in [0.1, 0.15) is 30.0 Å². The molecule has 2 atom stereocenters. The molecule has 4 nitrogen and oxygen atoms in total. The van der Waals surface area contributed by atoms with E-state index in [2.05, 4.69) is 4.72 Å². The second-order valence-corrected chi connectivity index (χ2v) is 7.55. The summed E-state index contributed by atoms with van der Waals surface area (Å²) in [4.78, 5) is 0. The fraction of sp³-hybridized carbons (Fsp3) is 0.263. The molecule has 0 radical (unpaired) electrons. The topological polar surface area (TPSA) is 55.4 Å². The molecular weight excluding hydrogens is 341 g/mol. The number of hydrogen-bond donors (Lipinski definition) is 1. The fourth-order valence-corrected chi connectivity index (χ4v) is 3.90. The van der Waals surface area contributed by atoms with Gasteiger partial charge in [-0.25, -0.2) is 17.5 Å². The van der Waals surface area contributed by atoms with Crippen LogP contribution in [-0.2, 0) is 14.8 Å². The van der Waals surface area contributed by atoms with Gasteiger partial charge >= 0.3 is 0 Å². The molecule has 1 fully saturated rings. The number of benzene rings is 2. The van der Waals surface area contributed by atoms with E-state index in [0.717, 1.165) is 23.8 Å². The van der Waals surface area contributed by atoms with E-state index in [0.29, 0.717) is 12.2 Å². The summed E-state index contributed by atoms with van der Waals surface area (Å²) in [6.45, 7) is 0.601. The molecule has 0 saturated carbocycles. The van der Waals surface area contributed by atoms with Gasteiger partial charge in [0.1, 0.15) is 5.82 Å². The predicted molar refractivity (Wildman–Crippen MR) is 95.6 cm³/mol. The van der Waals surface area contributed by atoms with Crippen LogP contribution in [0, 0.1) is 5.82 Å². The summed E-state index contributed by atoms with van der Waals surface area (Å²) >= 11 is 0. The SMILES string of the molecule is O=S(=O)(/C=C/c1ccccc1)N[C@H](c1ccc(F)cc1)[C@@H]1CCCO1. The third-order valence-electron chi connectivity index (χ3n) is 4.10. The lowest BCUT2D eigenvalue weighted by Gasteiger charge is -2.23. The zero-order chi connectivity index (χ0) is 17.7. The number of rotatable bonds is 6. The first-order valence-electron chi connectivity index (χ1n) is 8.16. The van der Waals surface area contributed by atoms with Gasteiger partial charge in [-0.3, -0.25) is 0 Å². The van der Waals surface area contributed by atoms with Crippen LogP contribution < -0.4 is 4.72 Å². The molecule has 1 heterocycles. The van der Waals surface area contributed by atoms with Crippen molar-refractivity contribution in [3.05, 3.63) is 76.9 Å². The van der Waals surface area contributed by atoms with Gasteiger partial charge < -0.3 is 4.74 Å². The Bertz CT molecular complexity index is 814. The Kier molecular flexibility index (Phi) is 5.63. The molecule has 25 heavy (non-hydrogen) atoms. The van der Waals surface area contributed by atoms with Crippen LogP contribution >= 0.6 is 0 Å². The molecule has 0 aliphatic carbocycles. The lowest BCUT2D eigenvalue weighted by molar-refractivity contribution is 0.0853. The van der Waals surface area contributed by atoms with Crippen molar-refractivity contribution in [2.24, 2.45) is 0 Å². The average Bonchev–Trinajstić information content (AvgIpc) is 3.14. The first-order valence-corrected chi connectivity index (χ1v) is 9.71. The summed E-state index contributed by atoms with van der Waals surface area (Å²) in [5, 5.41) is 1.15. The van der Waals surface area contributed by atoms with Crippen LogP contribution in [-0.4, -0.2) is 21.1 Å². The fourth-order valence-electron chi connectivity index (χ4n) is 2.84. The molecule has 0 unspecified atom stereocenters. The van der Waals surface area contributed by atoms with E-state index < -0.39 is 16.1 Å². The minimum atomic E-state index is -3.68. The van der Waals surface area contributed by atoms with Gasteiger partial charge in [0, 0.05) is 12.0 Å². The molecule has 2 aromatic rings. The minimum absolute atomic E-state index is 0.259. The first kappa shape index (κ1) is 17.8.